The lowest BCUT2D eigenvalue weighted by Crippen LogP contribution is -2.32. The molecule has 5 nitrogen and oxygen atoms in total. The topological polar surface area (TPSA) is 58.6 Å². The average molecular weight is 324 g/mol. The van der Waals surface area contributed by atoms with Crippen LogP contribution in [0.5, 0.6) is 0 Å². The van der Waals surface area contributed by atoms with Crippen LogP contribution in [0, 0.1) is 6.92 Å². The Balaban J connectivity index is 1.71. The third-order valence-corrected chi connectivity index (χ3v) is 4.25. The zero-order valence-electron chi connectivity index (χ0n) is 13.8. The van der Waals surface area contributed by atoms with Gasteiger partial charge < -0.3 is 15.0 Å². The Kier molecular flexibility index (Phi) is 4.51. The van der Waals surface area contributed by atoms with Gasteiger partial charge in [0.15, 0.2) is 0 Å². The van der Waals surface area contributed by atoms with Crippen LogP contribution in [0.25, 0.3) is 0 Å². The van der Waals surface area contributed by atoms with Crippen LogP contribution < -0.4 is 10.2 Å². The molecule has 124 valence electrons. The minimum absolute atomic E-state index is 0.100. The Morgan fingerprint density at radius 3 is 2.79 bits per heavy atom. The van der Waals surface area contributed by atoms with Crippen molar-refractivity contribution in [2.45, 2.75) is 13.3 Å². The molecule has 2 aromatic carbocycles. The third-order valence-electron chi connectivity index (χ3n) is 4.25. The summed E-state index contributed by atoms with van der Waals surface area (Å²) >= 11 is 0. The number of benzene rings is 2. The molecule has 0 saturated carbocycles. The maximum Gasteiger partial charge on any atom is 0.337 e. The number of para-hydroxylation sites is 1. The van der Waals surface area contributed by atoms with Gasteiger partial charge in [-0.25, -0.2) is 4.79 Å². The quantitative estimate of drug-likeness (QED) is 0.879. The number of fused-ring (bicyclic) bond motifs is 1. The number of nitrogens with zero attached hydrogens (tertiary/aromatic N) is 1. The first-order valence-electron chi connectivity index (χ1n) is 7.90. The molecular weight excluding hydrogens is 304 g/mol. The Labute approximate surface area is 141 Å². The zero-order chi connectivity index (χ0) is 17.1. The SMILES string of the molecule is COC(=O)c1ccc(C)c(NC(=O)CN2CCc3ccccc32)c1. The van der Waals surface area contributed by atoms with E-state index in [1.54, 1.807) is 18.2 Å². The Morgan fingerprint density at radius 1 is 1.21 bits per heavy atom. The van der Waals surface area contributed by atoms with E-state index in [1.807, 2.05) is 25.1 Å². The average Bonchev–Trinajstić information content (AvgIpc) is 2.99. The molecule has 0 spiro atoms. The van der Waals surface area contributed by atoms with Crippen LogP contribution in [0.3, 0.4) is 0 Å². The van der Waals surface area contributed by atoms with E-state index in [0.717, 1.165) is 24.2 Å². The lowest BCUT2D eigenvalue weighted by Gasteiger charge is -2.19. The van der Waals surface area contributed by atoms with Crippen molar-refractivity contribution in [3.8, 4) is 0 Å². The number of anilines is 2. The van der Waals surface area contributed by atoms with Crippen molar-refractivity contribution in [1.29, 1.82) is 0 Å². The van der Waals surface area contributed by atoms with Crippen LogP contribution in [0.4, 0.5) is 11.4 Å². The van der Waals surface area contributed by atoms with Gasteiger partial charge >= 0.3 is 5.97 Å². The highest BCUT2D eigenvalue weighted by Crippen LogP contribution is 2.27. The van der Waals surface area contributed by atoms with Crippen LogP contribution in [0.1, 0.15) is 21.5 Å². The number of esters is 1. The lowest BCUT2D eigenvalue weighted by molar-refractivity contribution is -0.115. The van der Waals surface area contributed by atoms with Gasteiger partial charge in [-0.15, -0.1) is 0 Å². The van der Waals surface area contributed by atoms with Gasteiger partial charge in [0, 0.05) is 17.9 Å². The maximum atomic E-state index is 12.4. The first-order chi connectivity index (χ1) is 11.6. The third kappa shape index (κ3) is 3.25. The molecule has 1 N–H and O–H groups in total. The molecule has 1 amide bonds. The maximum absolute atomic E-state index is 12.4. The summed E-state index contributed by atoms with van der Waals surface area (Å²) in [4.78, 5) is 26.1. The largest absolute Gasteiger partial charge is 0.465 e. The lowest BCUT2D eigenvalue weighted by atomic mass is 10.1. The van der Waals surface area contributed by atoms with Crippen LogP contribution in [-0.2, 0) is 16.0 Å². The number of hydrogen-bond donors (Lipinski definition) is 1. The predicted octanol–water partition coefficient (Wildman–Crippen LogP) is 2.78. The van der Waals surface area contributed by atoms with Gasteiger partial charge in [0.2, 0.25) is 5.91 Å². The van der Waals surface area contributed by atoms with Crippen molar-refractivity contribution in [2.75, 3.05) is 30.4 Å². The number of amides is 1. The number of hydrogen-bond acceptors (Lipinski definition) is 4. The molecule has 1 heterocycles. The van der Waals surface area contributed by atoms with Crippen LogP contribution in [0.2, 0.25) is 0 Å². The van der Waals surface area contributed by atoms with Gasteiger partial charge in [0.05, 0.1) is 19.2 Å². The van der Waals surface area contributed by atoms with E-state index in [-0.39, 0.29) is 5.91 Å². The number of carbonyl (C=O) groups is 2. The zero-order valence-corrected chi connectivity index (χ0v) is 13.8. The van der Waals surface area contributed by atoms with Crippen molar-refractivity contribution < 1.29 is 14.3 Å². The normalized spacial score (nSPS) is 12.7. The van der Waals surface area contributed by atoms with Crippen molar-refractivity contribution in [2.24, 2.45) is 0 Å². The number of rotatable bonds is 4. The highest BCUT2D eigenvalue weighted by molar-refractivity contribution is 5.97. The molecule has 0 radical (unpaired) electrons. The fourth-order valence-corrected chi connectivity index (χ4v) is 2.94. The molecule has 24 heavy (non-hydrogen) atoms. The molecule has 0 unspecified atom stereocenters. The van der Waals surface area contributed by atoms with E-state index >= 15 is 0 Å². The fourth-order valence-electron chi connectivity index (χ4n) is 2.94. The summed E-state index contributed by atoms with van der Waals surface area (Å²) in [5.41, 5.74) is 4.35. The number of ether oxygens (including phenoxy) is 1. The van der Waals surface area contributed by atoms with E-state index in [4.69, 9.17) is 4.74 Å². The van der Waals surface area contributed by atoms with Gasteiger partial charge in [0.25, 0.3) is 0 Å². The molecule has 1 aliphatic rings. The first-order valence-corrected chi connectivity index (χ1v) is 7.90. The van der Waals surface area contributed by atoms with Crippen molar-refractivity contribution in [3.63, 3.8) is 0 Å². The summed E-state index contributed by atoms with van der Waals surface area (Å²) in [5.74, 6) is -0.518. The summed E-state index contributed by atoms with van der Waals surface area (Å²) in [6, 6.07) is 13.3. The highest BCUT2D eigenvalue weighted by Gasteiger charge is 2.20. The second-order valence-corrected chi connectivity index (χ2v) is 5.87. The van der Waals surface area contributed by atoms with Gasteiger partial charge in [-0.3, -0.25) is 4.79 Å². The summed E-state index contributed by atoms with van der Waals surface area (Å²) in [6.45, 7) is 3.02. The number of carbonyl (C=O) groups excluding carboxylic acids is 2. The monoisotopic (exact) mass is 324 g/mol. The van der Waals surface area contributed by atoms with Crippen LogP contribution >= 0.6 is 0 Å². The molecule has 0 fully saturated rings. The molecule has 0 bridgehead atoms. The van der Waals surface area contributed by atoms with E-state index in [0.29, 0.717) is 17.8 Å². The second-order valence-electron chi connectivity index (χ2n) is 5.87. The molecule has 3 rings (SSSR count). The van der Waals surface area contributed by atoms with Crippen LogP contribution in [0.15, 0.2) is 42.5 Å². The van der Waals surface area contributed by atoms with Crippen molar-refractivity contribution >= 4 is 23.3 Å². The summed E-state index contributed by atoms with van der Waals surface area (Å²) in [5, 5.41) is 2.90. The van der Waals surface area contributed by atoms with Crippen LogP contribution in [-0.4, -0.2) is 32.1 Å². The first kappa shape index (κ1) is 16.1. The summed E-state index contributed by atoms with van der Waals surface area (Å²) in [6.07, 6.45) is 0.959. The smallest absolute Gasteiger partial charge is 0.337 e. The molecule has 2 aromatic rings. The summed E-state index contributed by atoms with van der Waals surface area (Å²) in [7, 11) is 1.34. The molecule has 5 heteroatoms. The van der Waals surface area contributed by atoms with E-state index in [2.05, 4.69) is 16.3 Å². The minimum atomic E-state index is -0.418. The van der Waals surface area contributed by atoms with Crippen molar-refractivity contribution in [3.05, 3.63) is 59.2 Å². The Bertz CT molecular complexity index is 786. The van der Waals surface area contributed by atoms with Gasteiger partial charge in [-0.2, -0.15) is 0 Å². The molecule has 0 atom stereocenters. The van der Waals surface area contributed by atoms with Crippen molar-refractivity contribution in [1.82, 2.24) is 0 Å². The van der Waals surface area contributed by atoms with Gasteiger partial charge in [0.1, 0.15) is 0 Å². The molecule has 0 aromatic heterocycles. The highest BCUT2D eigenvalue weighted by atomic mass is 16.5. The second kappa shape index (κ2) is 6.74. The standard InChI is InChI=1S/C19H20N2O3/c1-13-7-8-15(19(23)24-2)11-16(13)20-18(22)12-21-10-9-14-5-3-4-6-17(14)21/h3-8,11H,9-10,12H2,1-2H3,(H,20,22). The molecule has 0 saturated heterocycles. The molecular formula is C19H20N2O3. The Morgan fingerprint density at radius 2 is 2.00 bits per heavy atom. The van der Waals surface area contributed by atoms with E-state index in [1.165, 1.54) is 12.7 Å². The predicted molar refractivity (Wildman–Crippen MR) is 93.5 cm³/mol. The molecule has 1 aliphatic heterocycles. The van der Waals surface area contributed by atoms with E-state index < -0.39 is 5.97 Å². The number of aryl methyl sites for hydroxylation is 1. The van der Waals surface area contributed by atoms with E-state index in [9.17, 15) is 9.59 Å². The number of methoxy groups -OCH3 is 1. The Hall–Kier alpha value is -2.82. The minimum Gasteiger partial charge on any atom is -0.465 e. The fraction of sp³-hybridized carbons (Fsp3) is 0.263. The number of nitrogens with one attached hydrogen (secondary N) is 1. The van der Waals surface area contributed by atoms with Gasteiger partial charge in [-0.1, -0.05) is 24.3 Å². The molecule has 0 aliphatic carbocycles. The van der Waals surface area contributed by atoms with Gasteiger partial charge in [-0.05, 0) is 42.7 Å². The summed E-state index contributed by atoms with van der Waals surface area (Å²) < 4.78 is 4.72.